The Morgan fingerprint density at radius 1 is 0.953 bits per heavy atom. The lowest BCUT2D eigenvalue weighted by atomic mass is 9.71. The number of nitrogens with one attached hydrogen (secondary N) is 1. The predicted molar refractivity (Wildman–Crippen MR) is 236 cm³/mol. The van der Waals surface area contributed by atoms with Gasteiger partial charge >= 0.3 is 5.97 Å². The molecule has 15 nitrogen and oxygen atoms in total. The number of esters is 1. The maximum atomic E-state index is 14.4. The van der Waals surface area contributed by atoms with Crippen molar-refractivity contribution in [1.82, 2.24) is 5.32 Å². The second kappa shape index (κ2) is 20.9. The summed E-state index contributed by atoms with van der Waals surface area (Å²) in [5.41, 5.74) is 0.0757. The van der Waals surface area contributed by atoms with Gasteiger partial charge < -0.3 is 68.0 Å². The minimum absolute atomic E-state index is 0.0211. The number of carbonyl (C=O) groups is 1. The van der Waals surface area contributed by atoms with Crippen molar-refractivity contribution in [3.8, 4) is 0 Å². The summed E-state index contributed by atoms with van der Waals surface area (Å²) < 4.78 is 64.4. The van der Waals surface area contributed by atoms with Crippen molar-refractivity contribution in [2.45, 2.75) is 184 Å². The van der Waals surface area contributed by atoms with Gasteiger partial charge in [0, 0.05) is 51.7 Å². The Kier molecular flexibility index (Phi) is 16.2. The van der Waals surface area contributed by atoms with E-state index in [0.29, 0.717) is 36.8 Å². The molecule has 4 fully saturated rings. The first kappa shape index (κ1) is 49.6. The van der Waals surface area contributed by atoms with E-state index in [1.807, 2.05) is 52.1 Å². The van der Waals surface area contributed by atoms with E-state index in [1.54, 1.807) is 33.3 Å². The molecule has 0 radical (unpaired) electrons. The molecule has 20 atom stereocenters. The Hall–Kier alpha value is -2.35. The van der Waals surface area contributed by atoms with Gasteiger partial charge in [0.2, 0.25) is 0 Å². The van der Waals surface area contributed by atoms with Crippen LogP contribution < -0.4 is 5.32 Å². The zero-order valence-corrected chi connectivity index (χ0v) is 39.4. The first-order valence-electron chi connectivity index (χ1n) is 23.5. The maximum Gasteiger partial charge on any atom is 0.316 e. The van der Waals surface area contributed by atoms with Crippen molar-refractivity contribution in [2.75, 3.05) is 34.5 Å². The molecule has 1 spiro atoms. The van der Waals surface area contributed by atoms with E-state index >= 15 is 0 Å². The van der Waals surface area contributed by atoms with Crippen molar-refractivity contribution in [3.05, 3.63) is 59.3 Å². The second-order valence-corrected chi connectivity index (χ2v) is 19.3. The molecule has 0 aromatic rings. The van der Waals surface area contributed by atoms with Crippen LogP contribution in [-0.2, 0) is 52.2 Å². The minimum atomic E-state index is -1.86. The van der Waals surface area contributed by atoms with Crippen molar-refractivity contribution in [2.24, 2.45) is 23.7 Å². The summed E-state index contributed by atoms with van der Waals surface area (Å²) in [7, 11) is 5.28. The quantitative estimate of drug-likeness (QED) is 0.177. The Labute approximate surface area is 379 Å². The van der Waals surface area contributed by atoms with E-state index in [1.165, 1.54) is 0 Å². The normalized spacial score (nSPS) is 47.2. The molecule has 15 heteroatoms. The van der Waals surface area contributed by atoms with Gasteiger partial charge in [0.25, 0.3) is 0 Å². The van der Waals surface area contributed by atoms with Crippen LogP contribution >= 0.6 is 0 Å². The van der Waals surface area contributed by atoms with E-state index in [-0.39, 0.29) is 67.8 Å². The number of fused-ring (bicyclic) bond motifs is 2. The summed E-state index contributed by atoms with van der Waals surface area (Å²) in [6.07, 6.45) is 9.47. The monoisotopic (exact) mass is 902 g/mol. The average molecular weight is 902 g/mol. The van der Waals surface area contributed by atoms with Crippen LogP contribution in [0.5, 0.6) is 0 Å². The Morgan fingerprint density at radius 2 is 1.67 bits per heavy atom. The predicted octanol–water partition coefficient (Wildman–Crippen LogP) is 4.58. The maximum absolute atomic E-state index is 14.4. The Bertz CT molecular complexity index is 1770. The van der Waals surface area contributed by atoms with Gasteiger partial charge in [-0.05, 0) is 69.9 Å². The topological polar surface area (TPSA) is 182 Å². The van der Waals surface area contributed by atoms with Gasteiger partial charge in [-0.1, -0.05) is 63.6 Å². The molecule has 4 saturated heterocycles. The number of aliphatic hydroxyl groups is 3. The van der Waals surface area contributed by atoms with Crippen molar-refractivity contribution in [3.63, 3.8) is 0 Å². The molecular formula is C49H75NO14. The summed E-state index contributed by atoms with van der Waals surface area (Å²) in [5, 5.41) is 37.4. The molecule has 7 rings (SSSR count). The number of hydrogen-bond donors (Lipinski definition) is 4. The number of ether oxygens (including phenoxy) is 10. The molecule has 0 amide bonds. The number of methoxy groups -OCH3 is 2. The summed E-state index contributed by atoms with van der Waals surface area (Å²) in [4.78, 5) is 14.4. The van der Waals surface area contributed by atoms with Gasteiger partial charge in [0.15, 0.2) is 18.4 Å². The number of carbonyl (C=O) groups excluding carboxylic acids is 1. The summed E-state index contributed by atoms with van der Waals surface area (Å²) in [6.45, 7) is 13.9. The van der Waals surface area contributed by atoms with Crippen LogP contribution in [0.1, 0.15) is 87.0 Å². The fourth-order valence-corrected chi connectivity index (χ4v) is 11.0. The van der Waals surface area contributed by atoms with Gasteiger partial charge in [-0.25, -0.2) is 0 Å². The van der Waals surface area contributed by atoms with Crippen LogP contribution in [0.3, 0.4) is 0 Å². The lowest BCUT2D eigenvalue weighted by Gasteiger charge is -2.48. The minimum Gasteiger partial charge on any atom is -0.462 e. The Balaban J connectivity index is 1.18. The highest BCUT2D eigenvalue weighted by Crippen LogP contribution is 2.47. The molecule has 7 aliphatic rings. The third-order valence-corrected chi connectivity index (χ3v) is 14.9. The van der Waals surface area contributed by atoms with Gasteiger partial charge in [0.1, 0.15) is 35.9 Å². The summed E-state index contributed by atoms with van der Waals surface area (Å²) in [5.74, 6) is -3.26. The largest absolute Gasteiger partial charge is 0.462 e. The van der Waals surface area contributed by atoms with Crippen molar-refractivity contribution >= 4 is 5.97 Å². The van der Waals surface area contributed by atoms with Gasteiger partial charge in [-0.15, -0.1) is 0 Å². The molecule has 0 aromatic carbocycles. The lowest BCUT2D eigenvalue weighted by Crippen LogP contribution is -2.58. The van der Waals surface area contributed by atoms with Crippen LogP contribution in [0.2, 0.25) is 0 Å². The van der Waals surface area contributed by atoms with Gasteiger partial charge in [-0.2, -0.15) is 0 Å². The molecule has 6 aliphatic heterocycles. The third kappa shape index (κ3) is 10.1. The molecule has 64 heavy (non-hydrogen) atoms. The molecular weight excluding hydrogens is 827 g/mol. The Morgan fingerprint density at radius 3 is 2.38 bits per heavy atom. The highest BCUT2D eigenvalue weighted by molar-refractivity contribution is 5.78. The van der Waals surface area contributed by atoms with Crippen LogP contribution in [0.25, 0.3) is 0 Å². The van der Waals surface area contributed by atoms with Gasteiger partial charge in [-0.3, -0.25) is 4.79 Å². The molecule has 0 aromatic heterocycles. The zero-order valence-electron chi connectivity index (χ0n) is 39.4. The molecule has 2 bridgehead atoms. The van der Waals surface area contributed by atoms with Crippen molar-refractivity contribution < 1.29 is 67.5 Å². The van der Waals surface area contributed by atoms with E-state index in [2.05, 4.69) is 32.2 Å². The molecule has 4 N–H and O–H groups in total. The number of rotatable bonds is 10. The van der Waals surface area contributed by atoms with Gasteiger partial charge in [0.05, 0.1) is 62.0 Å². The highest BCUT2D eigenvalue weighted by Gasteiger charge is 2.60. The molecule has 0 saturated carbocycles. The van der Waals surface area contributed by atoms with Crippen LogP contribution in [-0.4, -0.2) is 153 Å². The summed E-state index contributed by atoms with van der Waals surface area (Å²) in [6, 6.07) is 0.0357. The standard InChI is InChI=1S/C49H75NO14/c1-11-26(2)44-32(24-51)17-18-48(64-44)23-35-20-34(63-48)16-15-28(4)43(27(3)13-12-14-33-25-57-46-42(52)29(5)19-36(47(53)60-35)49(33,46)54)61-40-22-38(56-10)45(31(7)59-40)62-39-21-37(55-9)41(50-8)30(6)58-39/h12-15,17-19,26-27,30-32,34-46,50-52,54H,11,16,20-25H2,1-10H3/b13-12-,28-15-,33-14?/t26-,27-,30-,31-,32+,34+,35-,36-,37-,38-,39-,40-,41+,42+,43-,44+,45-,46+,48+,49+/m0/s1. The third-order valence-electron chi connectivity index (χ3n) is 14.9. The molecule has 1 aliphatic carbocycles. The number of aliphatic hydroxyl groups excluding tert-OH is 2. The number of likely N-dealkylation sites (N-methyl/N-ethyl adjacent to an activating group) is 1. The first-order valence-corrected chi connectivity index (χ1v) is 23.5. The van der Waals surface area contributed by atoms with Crippen LogP contribution in [0, 0.1) is 23.7 Å². The SMILES string of the molecule is CC[C@H](C)[C@H]1O[C@]2(C=C[C@@H]1CO)C[C@@H]1C[C@@H](C/C=C(/C)[C@@H](O[C@H]3C[C@H](OC)[C@@H](O[C@H]4C[C@H](OC)[C@H](NC)[C@H](C)O4)[C@H](C)O3)[C@@H](C)/C=C\C=C3CO[C@@H]4[C@H](O)C(C)=C[C@@H](C(=O)O1)[C@]34O)O2. The smallest absolute Gasteiger partial charge is 0.316 e. The molecule has 6 heterocycles. The zero-order chi connectivity index (χ0) is 46.1. The van der Waals surface area contributed by atoms with E-state index in [9.17, 15) is 20.1 Å². The number of hydrogen-bond acceptors (Lipinski definition) is 15. The van der Waals surface area contributed by atoms with Crippen LogP contribution in [0.15, 0.2) is 59.3 Å². The highest BCUT2D eigenvalue weighted by atomic mass is 16.7. The first-order chi connectivity index (χ1) is 30.6. The van der Waals surface area contributed by atoms with Crippen molar-refractivity contribution in [1.29, 1.82) is 0 Å². The average Bonchev–Trinajstić information content (AvgIpc) is 3.61. The fraction of sp³-hybridized carbons (Fsp3) is 0.776. The summed E-state index contributed by atoms with van der Waals surface area (Å²) >= 11 is 0. The molecule has 360 valence electrons. The van der Waals surface area contributed by atoms with E-state index < -0.39 is 78.6 Å². The second-order valence-electron chi connectivity index (χ2n) is 19.3. The number of allylic oxidation sites excluding steroid dienone is 2. The van der Waals surface area contributed by atoms with Crippen LogP contribution in [0.4, 0.5) is 0 Å². The van der Waals surface area contributed by atoms with E-state index in [0.717, 1.165) is 12.0 Å². The fourth-order valence-electron chi connectivity index (χ4n) is 11.0. The van der Waals surface area contributed by atoms with E-state index in [4.69, 9.17) is 47.4 Å². The lowest BCUT2D eigenvalue weighted by molar-refractivity contribution is -0.312. The molecule has 0 unspecified atom stereocenters.